The summed E-state index contributed by atoms with van der Waals surface area (Å²) in [5.41, 5.74) is 5.44. The topological polar surface area (TPSA) is 55.1 Å². The lowest BCUT2D eigenvalue weighted by atomic mass is 9.96. The first-order chi connectivity index (χ1) is 4.25. The van der Waals surface area contributed by atoms with Crippen LogP contribution in [0.3, 0.4) is 0 Å². The first-order valence-electron chi connectivity index (χ1n) is 3.31. The van der Waals surface area contributed by atoms with Gasteiger partial charge in [0.2, 0.25) is 5.91 Å². The average Bonchev–Trinajstić information content (AvgIpc) is 1.88. The number of nitrogens with one attached hydrogen (secondary N) is 1. The summed E-state index contributed by atoms with van der Waals surface area (Å²) in [4.78, 5) is 10.5. The van der Waals surface area contributed by atoms with E-state index in [9.17, 15) is 4.79 Å². The Morgan fingerprint density at radius 2 is 2.44 bits per heavy atom. The highest BCUT2D eigenvalue weighted by atomic mass is 16.2. The molecule has 0 bridgehead atoms. The van der Waals surface area contributed by atoms with Crippen molar-refractivity contribution in [2.24, 2.45) is 5.73 Å². The highest BCUT2D eigenvalue weighted by Gasteiger charge is 2.34. The Balaban J connectivity index is 2.25. The molecule has 1 aliphatic heterocycles. The standard InChI is InChI=1S/C6H12N2O/c1-2-3-4-5(7)6(9)8-4/h4-5H,2-3,7H2,1H3,(H,8,9). The predicted molar refractivity (Wildman–Crippen MR) is 34.8 cm³/mol. The molecule has 52 valence electrons. The van der Waals surface area contributed by atoms with Crippen molar-refractivity contribution in [3.05, 3.63) is 0 Å². The summed E-state index contributed by atoms with van der Waals surface area (Å²) in [7, 11) is 0. The van der Waals surface area contributed by atoms with Gasteiger partial charge < -0.3 is 11.1 Å². The Morgan fingerprint density at radius 1 is 1.78 bits per heavy atom. The Morgan fingerprint density at radius 3 is 2.78 bits per heavy atom. The molecule has 0 aromatic carbocycles. The molecule has 3 nitrogen and oxygen atoms in total. The Kier molecular flexibility index (Phi) is 1.71. The molecule has 0 spiro atoms. The van der Waals surface area contributed by atoms with Crippen molar-refractivity contribution in [2.75, 3.05) is 0 Å². The van der Waals surface area contributed by atoms with Crippen LogP contribution in [0.2, 0.25) is 0 Å². The molecule has 2 unspecified atom stereocenters. The minimum atomic E-state index is -0.232. The molecule has 0 aromatic rings. The zero-order valence-corrected chi connectivity index (χ0v) is 5.55. The number of β-lactam (4-membered cyclic amide) rings is 1. The maximum atomic E-state index is 10.5. The lowest BCUT2D eigenvalue weighted by molar-refractivity contribution is -0.130. The zero-order chi connectivity index (χ0) is 6.85. The van der Waals surface area contributed by atoms with Crippen molar-refractivity contribution >= 4 is 5.91 Å². The third-order valence-corrected chi connectivity index (χ3v) is 1.66. The van der Waals surface area contributed by atoms with Crippen LogP contribution in [0.4, 0.5) is 0 Å². The summed E-state index contributed by atoms with van der Waals surface area (Å²) in [5.74, 6) is -0.00606. The lowest BCUT2D eigenvalue weighted by Crippen LogP contribution is -2.66. The van der Waals surface area contributed by atoms with Crippen molar-refractivity contribution in [1.82, 2.24) is 5.32 Å². The van der Waals surface area contributed by atoms with Gasteiger partial charge in [0.15, 0.2) is 0 Å². The fourth-order valence-electron chi connectivity index (χ4n) is 1.02. The zero-order valence-electron chi connectivity index (χ0n) is 5.55. The highest BCUT2D eigenvalue weighted by molar-refractivity contribution is 5.88. The van der Waals surface area contributed by atoms with E-state index in [1.54, 1.807) is 0 Å². The van der Waals surface area contributed by atoms with E-state index in [0.717, 1.165) is 12.8 Å². The fraction of sp³-hybridized carbons (Fsp3) is 0.833. The average molecular weight is 128 g/mol. The number of hydrogen-bond acceptors (Lipinski definition) is 2. The SMILES string of the molecule is CCCC1NC(=O)C1N. The first kappa shape index (κ1) is 6.55. The Hall–Kier alpha value is -0.570. The second kappa shape index (κ2) is 2.35. The Labute approximate surface area is 54.6 Å². The number of hydrogen-bond donors (Lipinski definition) is 2. The molecule has 9 heavy (non-hydrogen) atoms. The first-order valence-corrected chi connectivity index (χ1v) is 3.31. The van der Waals surface area contributed by atoms with Gasteiger partial charge in [0.1, 0.15) is 6.04 Å². The van der Waals surface area contributed by atoms with Gasteiger partial charge in [-0.05, 0) is 6.42 Å². The van der Waals surface area contributed by atoms with Crippen LogP contribution >= 0.6 is 0 Å². The Bertz CT molecular complexity index is 124. The van der Waals surface area contributed by atoms with Crippen molar-refractivity contribution < 1.29 is 4.79 Å². The fourth-order valence-corrected chi connectivity index (χ4v) is 1.02. The lowest BCUT2D eigenvalue weighted by Gasteiger charge is -2.33. The molecule has 1 aliphatic rings. The van der Waals surface area contributed by atoms with E-state index in [0.29, 0.717) is 0 Å². The third kappa shape index (κ3) is 1.05. The predicted octanol–water partition coefficient (Wildman–Crippen LogP) is -0.388. The molecular formula is C6H12N2O. The summed E-state index contributed by atoms with van der Waals surface area (Å²) < 4.78 is 0. The van der Waals surface area contributed by atoms with Crippen LogP contribution in [-0.2, 0) is 4.79 Å². The van der Waals surface area contributed by atoms with E-state index in [2.05, 4.69) is 12.2 Å². The molecule has 1 amide bonds. The van der Waals surface area contributed by atoms with Gasteiger partial charge in [-0.3, -0.25) is 4.79 Å². The van der Waals surface area contributed by atoms with Crippen LogP contribution in [0.25, 0.3) is 0 Å². The van der Waals surface area contributed by atoms with Gasteiger partial charge in [-0.25, -0.2) is 0 Å². The van der Waals surface area contributed by atoms with Gasteiger partial charge in [-0.1, -0.05) is 13.3 Å². The van der Waals surface area contributed by atoms with Crippen molar-refractivity contribution in [1.29, 1.82) is 0 Å². The molecule has 1 rings (SSSR count). The van der Waals surface area contributed by atoms with Crippen molar-refractivity contribution in [2.45, 2.75) is 31.8 Å². The van der Waals surface area contributed by atoms with Crippen LogP contribution in [0.1, 0.15) is 19.8 Å². The smallest absolute Gasteiger partial charge is 0.239 e. The molecular weight excluding hydrogens is 116 g/mol. The molecule has 1 heterocycles. The maximum Gasteiger partial charge on any atom is 0.239 e. The van der Waals surface area contributed by atoms with Gasteiger partial charge >= 0.3 is 0 Å². The van der Waals surface area contributed by atoms with Gasteiger partial charge in [0.25, 0.3) is 0 Å². The monoisotopic (exact) mass is 128 g/mol. The molecule has 0 saturated carbocycles. The van der Waals surface area contributed by atoms with Gasteiger partial charge in [-0.2, -0.15) is 0 Å². The van der Waals surface area contributed by atoms with Gasteiger partial charge in [-0.15, -0.1) is 0 Å². The molecule has 3 N–H and O–H groups in total. The number of rotatable bonds is 2. The minimum absolute atomic E-state index is 0.00606. The summed E-state index contributed by atoms with van der Waals surface area (Å²) in [6.45, 7) is 2.08. The quantitative estimate of drug-likeness (QED) is 0.498. The van der Waals surface area contributed by atoms with Crippen LogP contribution < -0.4 is 11.1 Å². The molecule has 0 aromatic heterocycles. The van der Waals surface area contributed by atoms with Crippen LogP contribution in [0.5, 0.6) is 0 Å². The van der Waals surface area contributed by atoms with E-state index >= 15 is 0 Å². The molecule has 2 atom stereocenters. The maximum absolute atomic E-state index is 10.5. The molecule has 3 heteroatoms. The summed E-state index contributed by atoms with van der Waals surface area (Å²) >= 11 is 0. The molecule has 0 aliphatic carbocycles. The van der Waals surface area contributed by atoms with Crippen LogP contribution in [-0.4, -0.2) is 18.0 Å². The minimum Gasteiger partial charge on any atom is -0.350 e. The number of carbonyl (C=O) groups is 1. The number of nitrogens with two attached hydrogens (primary N) is 1. The molecule has 1 fully saturated rings. The van der Waals surface area contributed by atoms with E-state index in [1.807, 2.05) is 0 Å². The van der Waals surface area contributed by atoms with Gasteiger partial charge in [0, 0.05) is 0 Å². The summed E-state index contributed by atoms with van der Waals surface area (Å²) in [5, 5.41) is 2.73. The van der Waals surface area contributed by atoms with E-state index in [1.165, 1.54) is 0 Å². The van der Waals surface area contributed by atoms with Crippen molar-refractivity contribution in [3.8, 4) is 0 Å². The van der Waals surface area contributed by atoms with Crippen LogP contribution in [0.15, 0.2) is 0 Å². The summed E-state index contributed by atoms with van der Waals surface area (Å²) in [6, 6.07) is 0.0208. The largest absolute Gasteiger partial charge is 0.350 e. The second-order valence-electron chi connectivity index (χ2n) is 2.43. The number of carbonyl (C=O) groups excluding carboxylic acids is 1. The molecule has 1 saturated heterocycles. The van der Waals surface area contributed by atoms with E-state index in [4.69, 9.17) is 5.73 Å². The molecule has 0 radical (unpaired) electrons. The van der Waals surface area contributed by atoms with E-state index in [-0.39, 0.29) is 18.0 Å². The number of amides is 1. The third-order valence-electron chi connectivity index (χ3n) is 1.66. The van der Waals surface area contributed by atoms with Crippen molar-refractivity contribution in [3.63, 3.8) is 0 Å². The normalized spacial score (nSPS) is 33.3. The summed E-state index contributed by atoms with van der Waals surface area (Å²) in [6.07, 6.45) is 2.09. The second-order valence-corrected chi connectivity index (χ2v) is 2.43. The highest BCUT2D eigenvalue weighted by Crippen LogP contribution is 2.08. The van der Waals surface area contributed by atoms with Crippen LogP contribution in [0, 0.1) is 0 Å². The van der Waals surface area contributed by atoms with E-state index < -0.39 is 0 Å². The van der Waals surface area contributed by atoms with Gasteiger partial charge in [0.05, 0.1) is 6.04 Å².